The van der Waals surface area contributed by atoms with E-state index in [1.807, 2.05) is 0 Å². The molecule has 188 valence electrons. The number of hydrogen-bond donors (Lipinski definition) is 1. The minimum atomic E-state index is -4.62. The van der Waals surface area contributed by atoms with E-state index < -0.39 is 23.0 Å². The fourth-order valence-corrected chi connectivity index (χ4v) is 4.48. The first-order valence-electron chi connectivity index (χ1n) is 10.5. The molecule has 1 N–H and O–H groups in total. The van der Waals surface area contributed by atoms with Crippen molar-refractivity contribution in [3.8, 4) is 39.2 Å². The summed E-state index contributed by atoms with van der Waals surface area (Å²) < 4.78 is 65.6. The van der Waals surface area contributed by atoms with E-state index >= 15 is 0 Å². The van der Waals surface area contributed by atoms with E-state index in [2.05, 4.69) is 20.0 Å². The lowest BCUT2D eigenvalue weighted by atomic mass is 10.1. The lowest BCUT2D eigenvalue weighted by Crippen LogP contribution is -2.05. The number of benzene rings is 2. The van der Waals surface area contributed by atoms with Crippen molar-refractivity contribution < 1.29 is 36.7 Å². The normalized spacial score (nSPS) is 11.6. The zero-order valence-corrected chi connectivity index (χ0v) is 19.3. The van der Waals surface area contributed by atoms with E-state index in [1.54, 1.807) is 30.5 Å². The molecule has 5 aromatic rings. The smallest absolute Gasteiger partial charge is 0.449 e. The van der Waals surface area contributed by atoms with Crippen molar-refractivity contribution in [1.82, 2.24) is 19.9 Å². The first kappa shape index (κ1) is 24.2. The van der Waals surface area contributed by atoms with Crippen molar-refractivity contribution in [2.24, 2.45) is 0 Å². The minimum Gasteiger partial charge on any atom is -0.449 e. The van der Waals surface area contributed by atoms with Gasteiger partial charge in [0.15, 0.2) is 0 Å². The molecule has 0 saturated carbocycles. The van der Waals surface area contributed by atoms with Gasteiger partial charge in [-0.2, -0.15) is 18.2 Å². The van der Waals surface area contributed by atoms with Gasteiger partial charge in [0.1, 0.15) is 10.7 Å². The van der Waals surface area contributed by atoms with E-state index in [-0.39, 0.29) is 33.6 Å². The number of carboxylic acid groups (broad SMARTS) is 1. The Kier molecular flexibility index (Phi) is 6.21. The van der Waals surface area contributed by atoms with Gasteiger partial charge in [-0.15, -0.1) is 16.4 Å². The number of halogens is 4. The van der Waals surface area contributed by atoms with Gasteiger partial charge in [0, 0.05) is 23.4 Å². The topological polar surface area (TPSA) is 103 Å². The molecular formula is C24H14F4N4O4S. The van der Waals surface area contributed by atoms with Gasteiger partial charge in [-0.25, -0.2) is 9.18 Å². The highest BCUT2D eigenvalue weighted by atomic mass is 32.1. The molecular weight excluding hydrogens is 516 g/mol. The van der Waals surface area contributed by atoms with E-state index in [9.17, 15) is 22.4 Å². The highest BCUT2D eigenvalue weighted by molar-refractivity contribution is 7.16. The van der Waals surface area contributed by atoms with E-state index in [0.29, 0.717) is 23.4 Å². The average molecular weight is 530 g/mol. The van der Waals surface area contributed by atoms with E-state index in [0.717, 1.165) is 17.7 Å². The molecule has 0 aliphatic rings. The zero-order chi connectivity index (χ0) is 26.2. The predicted octanol–water partition coefficient (Wildman–Crippen LogP) is 6.59. The Morgan fingerprint density at radius 1 is 1.05 bits per heavy atom. The predicted molar refractivity (Wildman–Crippen MR) is 123 cm³/mol. The fraction of sp³-hybridized carbons (Fsp3) is 0.0833. The molecule has 37 heavy (non-hydrogen) atoms. The van der Waals surface area contributed by atoms with Crippen LogP contribution in [0.4, 0.5) is 22.4 Å². The second-order valence-corrected chi connectivity index (χ2v) is 8.75. The van der Waals surface area contributed by atoms with Crippen molar-refractivity contribution in [2.75, 3.05) is 0 Å². The molecule has 3 aromatic heterocycles. The largest absolute Gasteiger partial charge is 0.512 e. The van der Waals surface area contributed by atoms with E-state index in [1.165, 1.54) is 28.9 Å². The lowest BCUT2D eigenvalue weighted by molar-refractivity contribution is -0.133. The number of hydrogen-bond acceptors (Lipinski definition) is 7. The Morgan fingerprint density at radius 3 is 2.43 bits per heavy atom. The summed E-state index contributed by atoms with van der Waals surface area (Å²) in [6.07, 6.45) is -4.52. The molecule has 0 bridgehead atoms. The molecule has 0 spiro atoms. The summed E-state index contributed by atoms with van der Waals surface area (Å²) in [5, 5.41) is 16.5. The maximum atomic E-state index is 13.7. The van der Waals surface area contributed by atoms with Gasteiger partial charge < -0.3 is 14.4 Å². The van der Waals surface area contributed by atoms with Crippen LogP contribution in [0.2, 0.25) is 0 Å². The third kappa shape index (κ3) is 5.35. The molecule has 5 rings (SSSR count). The summed E-state index contributed by atoms with van der Waals surface area (Å²) >= 11 is 0.465. The summed E-state index contributed by atoms with van der Waals surface area (Å²) in [6.45, 7) is 0.336. The van der Waals surface area contributed by atoms with Crippen LogP contribution in [0.15, 0.2) is 71.4 Å². The number of alkyl halides is 3. The Hall–Kier alpha value is -4.52. The van der Waals surface area contributed by atoms with Crippen molar-refractivity contribution in [3.05, 3.63) is 83.1 Å². The summed E-state index contributed by atoms with van der Waals surface area (Å²) in [7, 11) is 0. The Labute approximate surface area is 209 Å². The molecule has 0 fully saturated rings. The van der Waals surface area contributed by atoms with Crippen molar-refractivity contribution in [1.29, 1.82) is 0 Å². The SMILES string of the molecule is O=C(O)Oc1ccn(Cc2ccc(-c3noc(-c4cc(-c5ccc(F)cc5)c(C(F)(F)F)s4)n3)cc2)n1. The maximum absolute atomic E-state index is 13.7. The van der Waals surface area contributed by atoms with Gasteiger partial charge in [0.25, 0.3) is 5.89 Å². The van der Waals surface area contributed by atoms with Crippen LogP contribution in [0.25, 0.3) is 33.3 Å². The zero-order valence-electron chi connectivity index (χ0n) is 18.4. The van der Waals surface area contributed by atoms with Crippen LogP contribution in [-0.4, -0.2) is 31.2 Å². The highest BCUT2D eigenvalue weighted by Crippen LogP contribution is 2.45. The van der Waals surface area contributed by atoms with Gasteiger partial charge in [-0.05, 0) is 29.3 Å². The molecule has 0 aliphatic heterocycles. The van der Waals surface area contributed by atoms with Gasteiger partial charge in [0.2, 0.25) is 11.7 Å². The van der Waals surface area contributed by atoms with Gasteiger partial charge in [-0.3, -0.25) is 4.68 Å². The van der Waals surface area contributed by atoms with Crippen LogP contribution in [0.5, 0.6) is 5.88 Å². The third-order valence-electron chi connectivity index (χ3n) is 5.15. The molecule has 0 saturated heterocycles. The first-order chi connectivity index (χ1) is 17.7. The van der Waals surface area contributed by atoms with E-state index in [4.69, 9.17) is 9.63 Å². The molecule has 13 heteroatoms. The summed E-state index contributed by atoms with van der Waals surface area (Å²) in [5.41, 5.74) is 1.51. The molecule has 0 unspecified atom stereocenters. The van der Waals surface area contributed by atoms with Crippen molar-refractivity contribution in [2.45, 2.75) is 12.7 Å². The molecule has 0 aliphatic carbocycles. The van der Waals surface area contributed by atoms with Crippen molar-refractivity contribution in [3.63, 3.8) is 0 Å². The Balaban J connectivity index is 1.37. The standard InChI is InChI=1S/C24H14F4N4O4S/c25-16-7-5-14(6-8-16)17-11-18(37-20(17)24(26,27)28)22-29-21(31-36-22)15-3-1-13(2-4-15)12-32-10-9-19(30-32)35-23(33)34/h1-11H,12H2,(H,33,34). The number of ether oxygens (including phenoxy) is 1. The van der Waals surface area contributed by atoms with Crippen LogP contribution < -0.4 is 4.74 Å². The molecule has 0 amide bonds. The Bertz CT molecular complexity index is 1560. The molecule has 3 heterocycles. The highest BCUT2D eigenvalue weighted by Gasteiger charge is 2.37. The number of nitrogens with zero attached hydrogens (tertiary/aromatic N) is 4. The average Bonchev–Trinajstić information content (AvgIpc) is 3.59. The van der Waals surface area contributed by atoms with Crippen LogP contribution in [0.3, 0.4) is 0 Å². The molecule has 2 aromatic carbocycles. The minimum absolute atomic E-state index is 0.0479. The number of carbonyl (C=O) groups is 1. The summed E-state index contributed by atoms with van der Waals surface area (Å²) in [6, 6.07) is 14.4. The monoisotopic (exact) mass is 530 g/mol. The number of thiophene rings is 1. The number of rotatable bonds is 6. The first-order valence-corrected chi connectivity index (χ1v) is 11.3. The fourth-order valence-electron chi connectivity index (χ4n) is 3.51. The molecule has 8 nitrogen and oxygen atoms in total. The van der Waals surface area contributed by atoms with Gasteiger partial charge >= 0.3 is 12.3 Å². The summed E-state index contributed by atoms with van der Waals surface area (Å²) in [4.78, 5) is 14.1. The van der Waals surface area contributed by atoms with Gasteiger partial charge in [0.05, 0.1) is 11.4 Å². The summed E-state index contributed by atoms with van der Waals surface area (Å²) in [5.74, 6) is -0.497. The van der Waals surface area contributed by atoms with Gasteiger partial charge in [-0.1, -0.05) is 41.6 Å². The second kappa shape index (κ2) is 9.50. The van der Waals surface area contributed by atoms with Crippen LogP contribution >= 0.6 is 11.3 Å². The van der Waals surface area contributed by atoms with Crippen LogP contribution in [0, 0.1) is 5.82 Å². The van der Waals surface area contributed by atoms with Crippen molar-refractivity contribution >= 4 is 17.5 Å². The van der Waals surface area contributed by atoms with Crippen LogP contribution in [0.1, 0.15) is 10.4 Å². The molecule has 0 radical (unpaired) electrons. The second-order valence-electron chi connectivity index (χ2n) is 7.70. The quantitative estimate of drug-likeness (QED) is 0.195. The third-order valence-corrected chi connectivity index (χ3v) is 6.31. The number of aromatic nitrogens is 4. The van der Waals surface area contributed by atoms with Crippen LogP contribution in [-0.2, 0) is 12.7 Å². The Morgan fingerprint density at radius 2 is 1.76 bits per heavy atom. The lowest BCUT2D eigenvalue weighted by Gasteiger charge is -2.07. The molecule has 0 atom stereocenters. The maximum Gasteiger partial charge on any atom is 0.512 e.